The van der Waals surface area contributed by atoms with Gasteiger partial charge in [0.1, 0.15) is 5.69 Å². The predicted octanol–water partition coefficient (Wildman–Crippen LogP) is 4.24. The van der Waals surface area contributed by atoms with E-state index in [1.165, 1.54) is 11.4 Å². The highest BCUT2D eigenvalue weighted by atomic mass is 127. The first-order valence-corrected chi connectivity index (χ1v) is 11.9. The van der Waals surface area contributed by atoms with Gasteiger partial charge in [-0.1, -0.05) is 11.6 Å². The van der Waals surface area contributed by atoms with Crippen molar-refractivity contribution in [2.45, 2.75) is 18.9 Å². The zero-order chi connectivity index (χ0) is 21.9. The zero-order valence-electron chi connectivity index (χ0n) is 15.9. The summed E-state index contributed by atoms with van der Waals surface area (Å²) < 4.78 is 58.5. The molecule has 2 aromatic rings. The Morgan fingerprint density at radius 3 is 2.47 bits per heavy atom. The van der Waals surface area contributed by atoms with E-state index in [-0.39, 0.29) is 35.5 Å². The number of hydroxylamine groups is 1. The molecule has 1 aliphatic heterocycles. The molecule has 164 valence electrons. The van der Waals surface area contributed by atoms with E-state index in [0.29, 0.717) is 18.5 Å². The van der Waals surface area contributed by atoms with Gasteiger partial charge in [0.2, 0.25) is 0 Å². The molecule has 0 amide bonds. The Morgan fingerprint density at radius 2 is 1.83 bits per heavy atom. The Bertz CT molecular complexity index is 1020. The molecule has 3 N–H and O–H groups in total. The molecule has 1 aliphatic rings. The minimum absolute atomic E-state index is 0.0463. The Hall–Kier alpha value is -1.25. The molecule has 1 saturated heterocycles. The average Bonchev–Trinajstić information content (AvgIpc) is 2.70. The number of anilines is 3. The minimum atomic E-state index is -3.98. The van der Waals surface area contributed by atoms with Crippen LogP contribution in [0.15, 0.2) is 30.3 Å². The highest BCUT2D eigenvalue weighted by Crippen LogP contribution is 2.34. The third-order valence-corrected chi connectivity index (χ3v) is 7.11. The first kappa shape index (κ1) is 23.4. The van der Waals surface area contributed by atoms with Crippen LogP contribution in [0.3, 0.4) is 0 Å². The maximum atomic E-state index is 14.6. The largest absolute Gasteiger partial charge is 0.350 e. The molecule has 0 radical (unpaired) electrons. The summed E-state index contributed by atoms with van der Waals surface area (Å²) in [4.78, 5) is 4.88. The smallest absolute Gasteiger partial charge is 0.301 e. The molecular weight excluding hydrogens is 553 g/mol. The van der Waals surface area contributed by atoms with E-state index in [1.807, 2.05) is 0 Å². The molecule has 3 rings (SSSR count). The third kappa shape index (κ3) is 5.51. The molecule has 0 aromatic heterocycles. The number of nitrogens with one attached hydrogen (secondary N) is 3. The second-order valence-corrected chi connectivity index (χ2v) is 9.96. The van der Waals surface area contributed by atoms with Gasteiger partial charge in [-0.05, 0) is 65.8 Å². The SMILES string of the molecule is CONC1CCN(S(=O)(=O)Nc2ccc(F)c(F)c2Nc2ccc(I)cc2Cl)CC1. The van der Waals surface area contributed by atoms with Gasteiger partial charge >= 0.3 is 10.2 Å². The fourth-order valence-electron chi connectivity index (χ4n) is 3.07. The van der Waals surface area contributed by atoms with E-state index in [0.717, 1.165) is 15.7 Å². The number of nitrogens with zero attached hydrogens (tertiary/aromatic N) is 1. The van der Waals surface area contributed by atoms with Crippen LogP contribution < -0.4 is 15.5 Å². The van der Waals surface area contributed by atoms with Gasteiger partial charge in [0.05, 0.1) is 23.5 Å². The summed E-state index contributed by atoms with van der Waals surface area (Å²) >= 11 is 8.24. The van der Waals surface area contributed by atoms with Gasteiger partial charge in [0.15, 0.2) is 11.6 Å². The highest BCUT2D eigenvalue weighted by Gasteiger charge is 2.29. The van der Waals surface area contributed by atoms with Gasteiger partial charge in [0.25, 0.3) is 0 Å². The van der Waals surface area contributed by atoms with Crippen molar-refractivity contribution >= 4 is 61.5 Å². The second-order valence-electron chi connectivity index (χ2n) is 6.64. The second kappa shape index (κ2) is 9.92. The van der Waals surface area contributed by atoms with Crippen LogP contribution in [0.5, 0.6) is 0 Å². The normalized spacial score (nSPS) is 15.9. The number of rotatable bonds is 7. The standard InChI is InChI=1S/C18H20ClF2IN4O3S/c1-29-24-12-6-8-26(9-7-12)30(27,28)25-16-5-3-14(20)17(21)18(16)23-15-4-2-11(22)10-13(15)19/h2-5,10,12,23-25H,6-9H2,1H3. The van der Waals surface area contributed by atoms with Crippen molar-refractivity contribution in [3.05, 3.63) is 50.6 Å². The van der Waals surface area contributed by atoms with Crippen molar-refractivity contribution in [2.75, 3.05) is 30.2 Å². The minimum Gasteiger partial charge on any atom is -0.350 e. The Labute approximate surface area is 192 Å². The number of hydrogen-bond donors (Lipinski definition) is 3. The van der Waals surface area contributed by atoms with Gasteiger partial charge < -0.3 is 10.2 Å². The fraction of sp³-hybridized carbons (Fsp3) is 0.333. The van der Waals surface area contributed by atoms with E-state index in [4.69, 9.17) is 16.4 Å². The van der Waals surface area contributed by atoms with Crippen LogP contribution in [0.1, 0.15) is 12.8 Å². The van der Waals surface area contributed by atoms with Crippen molar-refractivity contribution in [3.63, 3.8) is 0 Å². The van der Waals surface area contributed by atoms with Crippen molar-refractivity contribution < 1.29 is 22.0 Å². The van der Waals surface area contributed by atoms with Crippen molar-refractivity contribution in [1.82, 2.24) is 9.79 Å². The fourth-order valence-corrected chi connectivity index (χ4v) is 5.24. The van der Waals surface area contributed by atoms with Crippen LogP contribution >= 0.6 is 34.2 Å². The summed E-state index contributed by atoms with van der Waals surface area (Å²) in [5.74, 6) is -2.33. The first-order chi connectivity index (χ1) is 14.2. The van der Waals surface area contributed by atoms with Gasteiger partial charge in [-0.15, -0.1) is 0 Å². The Balaban J connectivity index is 1.84. The number of hydrogen-bond acceptors (Lipinski definition) is 5. The topological polar surface area (TPSA) is 82.7 Å². The number of halogens is 4. The molecule has 2 aromatic carbocycles. The van der Waals surface area contributed by atoms with Crippen LogP contribution in [0.2, 0.25) is 5.02 Å². The van der Waals surface area contributed by atoms with Crippen LogP contribution in [0.25, 0.3) is 0 Å². The Kier molecular flexibility index (Phi) is 7.74. The van der Waals surface area contributed by atoms with Gasteiger partial charge in [-0.25, -0.2) is 8.78 Å². The number of piperidine rings is 1. The van der Waals surface area contributed by atoms with Crippen molar-refractivity contribution in [1.29, 1.82) is 0 Å². The summed E-state index contributed by atoms with van der Waals surface area (Å²) in [5.41, 5.74) is 2.65. The zero-order valence-corrected chi connectivity index (χ0v) is 19.6. The van der Waals surface area contributed by atoms with E-state index >= 15 is 0 Å². The molecule has 0 bridgehead atoms. The molecule has 1 heterocycles. The first-order valence-electron chi connectivity index (χ1n) is 8.97. The van der Waals surface area contributed by atoms with Crippen molar-refractivity contribution in [3.8, 4) is 0 Å². The van der Waals surface area contributed by atoms with Crippen LogP contribution in [0, 0.1) is 15.2 Å². The quantitative estimate of drug-likeness (QED) is 0.342. The lowest BCUT2D eigenvalue weighted by Crippen LogP contribution is -2.46. The Morgan fingerprint density at radius 1 is 1.17 bits per heavy atom. The maximum Gasteiger partial charge on any atom is 0.301 e. The lowest BCUT2D eigenvalue weighted by molar-refractivity contribution is 0.0449. The summed E-state index contributed by atoms with van der Waals surface area (Å²) in [6.45, 7) is 0.511. The van der Waals surface area contributed by atoms with Crippen LogP contribution in [-0.4, -0.2) is 39.0 Å². The lowest BCUT2D eigenvalue weighted by atomic mass is 10.1. The molecule has 0 unspecified atom stereocenters. The molecule has 30 heavy (non-hydrogen) atoms. The highest BCUT2D eigenvalue weighted by molar-refractivity contribution is 14.1. The lowest BCUT2D eigenvalue weighted by Gasteiger charge is -2.31. The molecule has 12 heteroatoms. The average molecular weight is 573 g/mol. The summed E-state index contributed by atoms with van der Waals surface area (Å²) in [7, 11) is -2.48. The van der Waals surface area contributed by atoms with Crippen LogP contribution in [0.4, 0.5) is 25.8 Å². The van der Waals surface area contributed by atoms with E-state index in [2.05, 4.69) is 38.1 Å². The third-order valence-electron chi connectivity index (χ3n) is 4.60. The summed E-state index contributed by atoms with van der Waals surface area (Å²) in [6, 6.07) is 7.05. The molecule has 7 nitrogen and oxygen atoms in total. The predicted molar refractivity (Wildman–Crippen MR) is 121 cm³/mol. The molecule has 1 fully saturated rings. The molecular formula is C18H20ClF2IN4O3S. The van der Waals surface area contributed by atoms with Gasteiger partial charge in [-0.2, -0.15) is 18.2 Å². The van der Waals surface area contributed by atoms with E-state index in [1.54, 1.807) is 18.2 Å². The monoisotopic (exact) mass is 572 g/mol. The molecule has 0 spiro atoms. The van der Waals surface area contributed by atoms with Crippen molar-refractivity contribution in [2.24, 2.45) is 0 Å². The molecule has 0 aliphatic carbocycles. The summed E-state index contributed by atoms with van der Waals surface area (Å²) in [5, 5.41) is 2.99. The number of benzene rings is 2. The maximum absolute atomic E-state index is 14.6. The van der Waals surface area contributed by atoms with Gasteiger partial charge in [0, 0.05) is 22.7 Å². The van der Waals surface area contributed by atoms with Crippen LogP contribution in [-0.2, 0) is 15.0 Å². The molecule has 0 saturated carbocycles. The molecule has 0 atom stereocenters. The summed E-state index contributed by atoms with van der Waals surface area (Å²) in [6.07, 6.45) is 1.10. The van der Waals surface area contributed by atoms with E-state index in [9.17, 15) is 17.2 Å². The van der Waals surface area contributed by atoms with Gasteiger partial charge in [-0.3, -0.25) is 4.72 Å². The van der Waals surface area contributed by atoms with E-state index < -0.39 is 21.8 Å².